The number of thiol groups is 1. The Morgan fingerprint density at radius 1 is 0.957 bits per heavy atom. The van der Waals surface area contributed by atoms with Crippen LogP contribution >= 0.6 is 25.0 Å². The summed E-state index contributed by atoms with van der Waals surface area (Å²) in [5.41, 5.74) is 1.11. The summed E-state index contributed by atoms with van der Waals surface area (Å²) >= 11 is 4.47. The molecule has 0 heterocycles. The number of rotatable bonds is 13. The van der Waals surface area contributed by atoms with E-state index < -0.39 is 0 Å². The third-order valence-corrected chi connectivity index (χ3v) is 4.90. The van der Waals surface area contributed by atoms with Crippen molar-refractivity contribution in [2.24, 2.45) is 5.92 Å². The van der Waals surface area contributed by atoms with E-state index in [0.29, 0.717) is 5.92 Å². The fraction of sp³-hybridized carbons (Fsp3) is 0.700. The van der Waals surface area contributed by atoms with Crippen molar-refractivity contribution in [2.75, 3.05) is 5.75 Å². The van der Waals surface area contributed by atoms with E-state index in [4.69, 9.17) is 0 Å². The minimum atomic E-state index is -0.126. The normalized spacial score (nSPS) is 12.0. The van der Waals surface area contributed by atoms with Gasteiger partial charge in [0.25, 0.3) is 0 Å². The molecule has 0 aliphatic heterocycles. The average Bonchev–Trinajstić information content (AvgIpc) is 2.52. The van der Waals surface area contributed by atoms with Gasteiger partial charge in [-0.05, 0) is 42.2 Å². The van der Waals surface area contributed by atoms with E-state index >= 15 is 0 Å². The quantitative estimate of drug-likeness (QED) is 0.278. The SMILES string of the molecule is CCCCCCCCCCCC(CS)Cc1cccc(F)c1.Cl. The first-order valence-corrected chi connectivity index (χ1v) is 9.74. The van der Waals surface area contributed by atoms with Crippen LogP contribution in [0.1, 0.15) is 76.7 Å². The van der Waals surface area contributed by atoms with E-state index in [9.17, 15) is 4.39 Å². The summed E-state index contributed by atoms with van der Waals surface area (Å²) in [4.78, 5) is 0. The molecule has 0 aliphatic rings. The summed E-state index contributed by atoms with van der Waals surface area (Å²) in [5.74, 6) is 1.35. The predicted molar refractivity (Wildman–Crippen MR) is 107 cm³/mol. The summed E-state index contributed by atoms with van der Waals surface area (Å²) in [6, 6.07) is 7.00. The molecule has 1 aromatic carbocycles. The van der Waals surface area contributed by atoms with Crippen LogP contribution in [0.25, 0.3) is 0 Å². The first kappa shape index (κ1) is 22.8. The fourth-order valence-electron chi connectivity index (χ4n) is 3.00. The Morgan fingerprint density at radius 2 is 1.57 bits per heavy atom. The molecule has 23 heavy (non-hydrogen) atoms. The summed E-state index contributed by atoms with van der Waals surface area (Å²) in [6.07, 6.45) is 14.5. The van der Waals surface area contributed by atoms with Gasteiger partial charge in [-0.1, -0.05) is 76.8 Å². The molecule has 0 nitrogen and oxygen atoms in total. The maximum Gasteiger partial charge on any atom is 0.123 e. The molecule has 3 heteroatoms. The van der Waals surface area contributed by atoms with Gasteiger partial charge in [0.15, 0.2) is 0 Å². The van der Waals surface area contributed by atoms with Crippen molar-refractivity contribution in [1.29, 1.82) is 0 Å². The maximum atomic E-state index is 13.2. The summed E-state index contributed by atoms with van der Waals surface area (Å²) < 4.78 is 13.2. The zero-order valence-electron chi connectivity index (χ0n) is 14.6. The smallest absolute Gasteiger partial charge is 0.123 e. The Bertz CT molecular complexity index is 384. The molecule has 0 spiro atoms. The van der Waals surface area contributed by atoms with Crippen LogP contribution in [0.5, 0.6) is 0 Å². The Hall–Kier alpha value is -0.210. The first-order valence-electron chi connectivity index (χ1n) is 9.11. The van der Waals surface area contributed by atoms with Gasteiger partial charge in [0.05, 0.1) is 0 Å². The fourth-order valence-corrected chi connectivity index (χ4v) is 3.31. The van der Waals surface area contributed by atoms with Crippen LogP contribution in [-0.4, -0.2) is 5.75 Å². The van der Waals surface area contributed by atoms with E-state index in [0.717, 1.165) is 17.7 Å². The minimum absolute atomic E-state index is 0. The van der Waals surface area contributed by atoms with Crippen molar-refractivity contribution in [2.45, 2.75) is 77.6 Å². The molecule has 0 aliphatic carbocycles. The Morgan fingerprint density at radius 3 is 2.13 bits per heavy atom. The van der Waals surface area contributed by atoms with E-state index in [1.54, 1.807) is 12.1 Å². The number of hydrogen-bond donors (Lipinski definition) is 1. The lowest BCUT2D eigenvalue weighted by Crippen LogP contribution is -2.07. The van der Waals surface area contributed by atoms with Crippen LogP contribution in [0.3, 0.4) is 0 Å². The van der Waals surface area contributed by atoms with Gasteiger partial charge in [-0.25, -0.2) is 4.39 Å². The zero-order chi connectivity index (χ0) is 16.0. The Labute approximate surface area is 154 Å². The highest BCUT2D eigenvalue weighted by molar-refractivity contribution is 7.80. The largest absolute Gasteiger partial charge is 0.207 e. The third-order valence-electron chi connectivity index (χ3n) is 4.39. The van der Waals surface area contributed by atoms with Gasteiger partial charge in [-0.3, -0.25) is 0 Å². The van der Waals surface area contributed by atoms with Crippen molar-refractivity contribution < 1.29 is 4.39 Å². The van der Waals surface area contributed by atoms with Gasteiger partial charge < -0.3 is 0 Å². The molecule has 1 unspecified atom stereocenters. The van der Waals surface area contributed by atoms with Crippen LogP contribution in [0, 0.1) is 11.7 Å². The standard InChI is InChI=1S/C20H33FS.ClH/c1-2-3-4-5-6-7-8-9-10-12-19(17-22)15-18-13-11-14-20(21)16-18;/h11,13-14,16,19,22H,2-10,12,15,17H2,1H3;1H. The highest BCUT2D eigenvalue weighted by atomic mass is 35.5. The van der Waals surface area contributed by atoms with Gasteiger partial charge in [0.1, 0.15) is 5.82 Å². The monoisotopic (exact) mass is 360 g/mol. The van der Waals surface area contributed by atoms with Crippen molar-refractivity contribution in [3.63, 3.8) is 0 Å². The maximum absolute atomic E-state index is 13.2. The van der Waals surface area contributed by atoms with Gasteiger partial charge in [0, 0.05) is 0 Å². The molecule has 1 aromatic rings. The van der Waals surface area contributed by atoms with Crippen molar-refractivity contribution in [3.8, 4) is 0 Å². The molecule has 0 N–H and O–H groups in total. The molecule has 1 rings (SSSR count). The van der Waals surface area contributed by atoms with Gasteiger partial charge in [0.2, 0.25) is 0 Å². The van der Waals surface area contributed by atoms with E-state index in [-0.39, 0.29) is 18.2 Å². The van der Waals surface area contributed by atoms with Gasteiger partial charge in [-0.15, -0.1) is 12.4 Å². The van der Waals surface area contributed by atoms with Crippen molar-refractivity contribution >= 4 is 25.0 Å². The van der Waals surface area contributed by atoms with E-state index in [2.05, 4.69) is 19.6 Å². The third kappa shape index (κ3) is 11.9. The summed E-state index contributed by atoms with van der Waals surface area (Å²) in [6.45, 7) is 2.27. The molecule has 0 bridgehead atoms. The van der Waals surface area contributed by atoms with E-state index in [1.807, 2.05) is 6.07 Å². The van der Waals surface area contributed by atoms with Gasteiger partial charge >= 0.3 is 0 Å². The molecule has 134 valence electrons. The van der Waals surface area contributed by atoms with Crippen LogP contribution in [-0.2, 0) is 6.42 Å². The highest BCUT2D eigenvalue weighted by Gasteiger charge is 2.08. The molecule has 0 radical (unpaired) electrons. The van der Waals surface area contributed by atoms with Crippen LogP contribution in [0.2, 0.25) is 0 Å². The lowest BCUT2D eigenvalue weighted by atomic mass is 9.95. The summed E-state index contributed by atoms with van der Waals surface area (Å²) in [7, 11) is 0. The molecular weight excluding hydrogens is 327 g/mol. The van der Waals surface area contributed by atoms with E-state index in [1.165, 1.54) is 70.3 Å². The van der Waals surface area contributed by atoms with Crippen LogP contribution < -0.4 is 0 Å². The second-order valence-electron chi connectivity index (χ2n) is 6.50. The lowest BCUT2D eigenvalue weighted by Gasteiger charge is -2.14. The molecule has 0 aromatic heterocycles. The first-order chi connectivity index (χ1) is 10.8. The molecular formula is C20H34ClFS. The second kappa shape index (κ2) is 15.3. The molecule has 0 amide bonds. The van der Waals surface area contributed by atoms with Crippen LogP contribution in [0.4, 0.5) is 4.39 Å². The number of hydrogen-bond acceptors (Lipinski definition) is 1. The zero-order valence-corrected chi connectivity index (χ0v) is 16.3. The Balaban J connectivity index is 0.00000484. The molecule has 0 saturated heterocycles. The second-order valence-corrected chi connectivity index (χ2v) is 6.86. The van der Waals surface area contributed by atoms with Gasteiger partial charge in [-0.2, -0.15) is 12.6 Å². The number of benzene rings is 1. The predicted octanol–water partition coefficient (Wildman–Crippen LogP) is 7.26. The highest BCUT2D eigenvalue weighted by Crippen LogP contribution is 2.19. The van der Waals surface area contributed by atoms with Crippen molar-refractivity contribution in [1.82, 2.24) is 0 Å². The minimum Gasteiger partial charge on any atom is -0.207 e. The molecule has 1 atom stereocenters. The number of unbranched alkanes of at least 4 members (excludes halogenated alkanes) is 8. The van der Waals surface area contributed by atoms with Crippen LogP contribution in [0.15, 0.2) is 24.3 Å². The molecule has 0 fully saturated rings. The average molecular weight is 361 g/mol. The molecule has 0 saturated carbocycles. The van der Waals surface area contributed by atoms with Crippen molar-refractivity contribution in [3.05, 3.63) is 35.6 Å². The Kier molecular flexibility index (Phi) is 15.2. The summed E-state index contributed by atoms with van der Waals surface area (Å²) in [5, 5.41) is 0. The lowest BCUT2D eigenvalue weighted by molar-refractivity contribution is 0.483. The number of halogens is 2. The topological polar surface area (TPSA) is 0 Å².